The van der Waals surface area contributed by atoms with Gasteiger partial charge < -0.3 is 19.7 Å². The van der Waals surface area contributed by atoms with Crippen molar-refractivity contribution in [3.63, 3.8) is 0 Å². The van der Waals surface area contributed by atoms with Crippen LogP contribution in [0, 0.1) is 5.92 Å². The number of nitrogens with one attached hydrogen (secondary N) is 1. The van der Waals surface area contributed by atoms with Gasteiger partial charge in [-0.15, -0.1) is 0 Å². The molecule has 0 spiro atoms. The van der Waals surface area contributed by atoms with E-state index in [9.17, 15) is 9.59 Å². The summed E-state index contributed by atoms with van der Waals surface area (Å²) in [7, 11) is 3.62. The normalized spacial score (nSPS) is 13.4. The number of likely N-dealkylation sites (tertiary alicyclic amines) is 1. The summed E-state index contributed by atoms with van der Waals surface area (Å²) in [4.78, 5) is 27.7. The van der Waals surface area contributed by atoms with Crippen LogP contribution >= 0.6 is 11.8 Å². The maximum atomic E-state index is 12.6. The number of hydrogen-bond donors (Lipinski definition) is 1. The molecule has 0 bridgehead atoms. The Morgan fingerprint density at radius 1 is 0.946 bits per heavy atom. The third kappa shape index (κ3) is 6.71. The second-order valence-corrected chi connectivity index (χ2v) is 9.93. The fourth-order valence-corrected chi connectivity index (χ4v) is 5.38. The lowest BCUT2D eigenvalue weighted by Crippen LogP contribution is -2.38. The van der Waals surface area contributed by atoms with Crippen molar-refractivity contribution in [1.82, 2.24) is 4.90 Å². The van der Waals surface area contributed by atoms with Crippen molar-refractivity contribution in [1.29, 1.82) is 0 Å². The smallest absolute Gasteiger partial charge is 0.254 e. The van der Waals surface area contributed by atoms with E-state index in [-0.39, 0.29) is 11.8 Å². The van der Waals surface area contributed by atoms with Crippen LogP contribution in [0.2, 0.25) is 0 Å². The lowest BCUT2D eigenvalue weighted by Gasteiger charge is -2.30. The van der Waals surface area contributed by atoms with Gasteiger partial charge in [0, 0.05) is 47.1 Å². The molecule has 1 amide bonds. The van der Waals surface area contributed by atoms with Crippen LogP contribution in [-0.4, -0.2) is 44.3 Å². The van der Waals surface area contributed by atoms with Crippen molar-refractivity contribution in [2.24, 2.45) is 5.92 Å². The van der Waals surface area contributed by atoms with Crippen LogP contribution in [0.25, 0.3) is 10.8 Å². The summed E-state index contributed by atoms with van der Waals surface area (Å²) in [6, 6.07) is 30.1. The zero-order chi connectivity index (χ0) is 26.0. The van der Waals surface area contributed by atoms with Gasteiger partial charge >= 0.3 is 0 Å². The van der Waals surface area contributed by atoms with Crippen LogP contribution in [0.15, 0.2) is 101 Å². The molecule has 1 saturated heterocycles. The number of nitrogens with zero attached hydrogens (tertiary/aromatic N) is 1. The Morgan fingerprint density at radius 2 is 1.65 bits per heavy atom. The Kier molecular flexibility index (Phi) is 9.22. The van der Waals surface area contributed by atoms with E-state index in [1.165, 1.54) is 9.79 Å². The summed E-state index contributed by atoms with van der Waals surface area (Å²) in [6.07, 6.45) is 2.57. The van der Waals surface area contributed by atoms with E-state index < -0.39 is 0 Å². The molecule has 1 fully saturated rings. The van der Waals surface area contributed by atoms with Crippen molar-refractivity contribution in [2.45, 2.75) is 22.6 Å². The first-order valence-corrected chi connectivity index (χ1v) is 13.3. The summed E-state index contributed by atoms with van der Waals surface area (Å²) in [6.45, 7) is 1.34. The van der Waals surface area contributed by atoms with Crippen molar-refractivity contribution < 1.29 is 14.3 Å². The van der Waals surface area contributed by atoms with Crippen LogP contribution in [0.5, 0.6) is 5.75 Å². The van der Waals surface area contributed by atoms with Gasteiger partial charge in [0.15, 0.2) is 0 Å². The number of carbonyl (C=O) groups is 2. The Labute approximate surface area is 222 Å². The third-order valence-corrected chi connectivity index (χ3v) is 7.53. The average molecular weight is 513 g/mol. The molecular weight excluding hydrogens is 480 g/mol. The summed E-state index contributed by atoms with van der Waals surface area (Å²) in [5, 5.41) is 5.27. The molecule has 1 N–H and O–H groups in total. The second kappa shape index (κ2) is 13.0. The van der Waals surface area contributed by atoms with Gasteiger partial charge in [0.05, 0.1) is 7.11 Å². The average Bonchev–Trinajstić information content (AvgIpc) is 2.97. The number of ether oxygens (including phenoxy) is 1. The van der Waals surface area contributed by atoms with E-state index in [2.05, 4.69) is 23.5 Å². The third-order valence-electron chi connectivity index (χ3n) is 6.46. The number of fused-ring (bicyclic) bond motifs is 1. The standard InChI is InChI=1S/C17H17NO2.C14H15NOS/c19-12-13-8-10-18(11-9-13)17(20)16-7-3-5-14-4-1-2-6-15(14)16;1-15-13-8-3-4-9-14(13)17-12-7-5-6-11(10-12)16-2/h1-7,12-13H,8-11H2;3-10,15H,1-2H3. The largest absolute Gasteiger partial charge is 0.497 e. The first-order valence-electron chi connectivity index (χ1n) is 12.4. The monoisotopic (exact) mass is 512 g/mol. The van der Waals surface area contributed by atoms with Gasteiger partial charge in [-0.25, -0.2) is 0 Å². The second-order valence-electron chi connectivity index (χ2n) is 8.82. The molecule has 1 aliphatic heterocycles. The van der Waals surface area contributed by atoms with Crippen LogP contribution in [0.1, 0.15) is 23.2 Å². The quantitative estimate of drug-likeness (QED) is 0.289. The number of hydrogen-bond acceptors (Lipinski definition) is 5. The summed E-state index contributed by atoms with van der Waals surface area (Å²) < 4.78 is 5.22. The lowest BCUT2D eigenvalue weighted by atomic mass is 9.97. The molecule has 5 nitrogen and oxygen atoms in total. The molecule has 190 valence electrons. The highest BCUT2D eigenvalue weighted by Crippen LogP contribution is 2.34. The first-order chi connectivity index (χ1) is 18.1. The number of para-hydroxylation sites is 1. The van der Waals surface area contributed by atoms with Gasteiger partial charge in [-0.2, -0.15) is 0 Å². The van der Waals surface area contributed by atoms with Crippen LogP contribution in [0.4, 0.5) is 5.69 Å². The molecule has 4 aromatic rings. The SMILES string of the molecule is CNc1ccccc1Sc1cccc(OC)c1.O=CC1CCN(C(=O)c2cccc3ccccc23)CC1. The minimum Gasteiger partial charge on any atom is -0.497 e. The van der Waals surface area contributed by atoms with E-state index in [1.807, 2.05) is 84.7 Å². The van der Waals surface area contributed by atoms with Gasteiger partial charge in [0.2, 0.25) is 0 Å². The van der Waals surface area contributed by atoms with Crippen molar-refractivity contribution in [2.75, 3.05) is 32.6 Å². The number of rotatable bonds is 6. The van der Waals surface area contributed by atoms with Crippen LogP contribution in [0.3, 0.4) is 0 Å². The zero-order valence-electron chi connectivity index (χ0n) is 21.2. The number of piperidine rings is 1. The Balaban J connectivity index is 0.000000176. The molecule has 0 unspecified atom stereocenters. The molecule has 0 radical (unpaired) electrons. The molecule has 1 aliphatic rings. The van der Waals surface area contributed by atoms with E-state index in [4.69, 9.17) is 4.74 Å². The minimum atomic E-state index is 0.0751. The Hall–Kier alpha value is -3.77. The number of amides is 1. The van der Waals surface area contributed by atoms with Crippen molar-refractivity contribution >= 4 is 40.4 Å². The topological polar surface area (TPSA) is 58.6 Å². The highest BCUT2D eigenvalue weighted by atomic mass is 32.2. The molecule has 6 heteroatoms. The Morgan fingerprint density at radius 3 is 2.41 bits per heavy atom. The number of carbonyl (C=O) groups excluding carboxylic acids is 2. The number of benzene rings is 4. The lowest BCUT2D eigenvalue weighted by molar-refractivity contribution is -0.112. The zero-order valence-corrected chi connectivity index (χ0v) is 22.0. The van der Waals surface area contributed by atoms with Gasteiger partial charge in [-0.05, 0) is 60.0 Å². The van der Waals surface area contributed by atoms with Gasteiger partial charge in [0.1, 0.15) is 12.0 Å². The molecule has 0 aliphatic carbocycles. The van der Waals surface area contributed by atoms with Crippen LogP contribution < -0.4 is 10.1 Å². The summed E-state index contributed by atoms with van der Waals surface area (Å²) in [5.41, 5.74) is 1.90. The maximum absolute atomic E-state index is 12.6. The molecule has 0 atom stereocenters. The number of aldehydes is 1. The summed E-state index contributed by atoms with van der Waals surface area (Å²) >= 11 is 1.73. The maximum Gasteiger partial charge on any atom is 0.254 e. The number of anilines is 1. The number of methoxy groups -OCH3 is 1. The minimum absolute atomic E-state index is 0.0751. The molecular formula is C31H32N2O3S. The predicted molar refractivity (Wildman–Crippen MR) is 152 cm³/mol. The molecule has 1 heterocycles. The fourth-order valence-electron chi connectivity index (χ4n) is 4.37. The molecule has 4 aromatic carbocycles. The fraction of sp³-hybridized carbons (Fsp3) is 0.226. The van der Waals surface area contributed by atoms with E-state index in [0.717, 1.165) is 46.9 Å². The molecule has 37 heavy (non-hydrogen) atoms. The molecule has 0 saturated carbocycles. The van der Waals surface area contributed by atoms with Crippen molar-refractivity contribution in [3.8, 4) is 5.75 Å². The predicted octanol–water partition coefficient (Wildman–Crippen LogP) is 6.78. The van der Waals surface area contributed by atoms with E-state index in [0.29, 0.717) is 13.1 Å². The van der Waals surface area contributed by atoms with E-state index >= 15 is 0 Å². The van der Waals surface area contributed by atoms with Gasteiger partial charge in [0.25, 0.3) is 5.91 Å². The van der Waals surface area contributed by atoms with Crippen LogP contribution in [-0.2, 0) is 4.79 Å². The molecule has 0 aromatic heterocycles. The van der Waals surface area contributed by atoms with Gasteiger partial charge in [-0.3, -0.25) is 4.79 Å². The molecule has 5 rings (SSSR count). The highest BCUT2D eigenvalue weighted by molar-refractivity contribution is 7.99. The highest BCUT2D eigenvalue weighted by Gasteiger charge is 2.24. The first kappa shape index (κ1) is 26.3. The van der Waals surface area contributed by atoms with Gasteiger partial charge in [-0.1, -0.05) is 66.4 Å². The summed E-state index contributed by atoms with van der Waals surface area (Å²) in [5.74, 6) is 1.08. The van der Waals surface area contributed by atoms with E-state index in [1.54, 1.807) is 18.9 Å². The Bertz CT molecular complexity index is 1340. The van der Waals surface area contributed by atoms with Crippen molar-refractivity contribution in [3.05, 3.63) is 96.6 Å².